The summed E-state index contributed by atoms with van der Waals surface area (Å²) in [5, 5.41) is 12.4. The number of piperidine rings is 2. The van der Waals surface area contributed by atoms with Crippen molar-refractivity contribution >= 4 is 11.9 Å². The van der Waals surface area contributed by atoms with Crippen LogP contribution in [0.15, 0.2) is 0 Å². The minimum Gasteiger partial charge on any atom is -0.481 e. The number of likely N-dealkylation sites (tertiary alicyclic amines) is 1. The maximum Gasteiger partial charge on any atom is 0.308 e. The standard InChI is InChI=1S/C14H24N2O4/c1-20-10-14(4-6-15-7-5-14)13(19)16-8-2-3-11(9-16)12(17)18/h11,15H,2-10H2,1H3,(H,17,18). The van der Waals surface area contributed by atoms with Gasteiger partial charge in [0, 0.05) is 20.2 Å². The van der Waals surface area contributed by atoms with Gasteiger partial charge in [0.15, 0.2) is 0 Å². The summed E-state index contributed by atoms with van der Waals surface area (Å²) in [6.07, 6.45) is 2.95. The molecule has 114 valence electrons. The van der Waals surface area contributed by atoms with Crippen LogP contribution in [0.1, 0.15) is 25.7 Å². The van der Waals surface area contributed by atoms with Gasteiger partial charge in [-0.25, -0.2) is 0 Å². The van der Waals surface area contributed by atoms with Crippen molar-refractivity contribution in [1.29, 1.82) is 0 Å². The third-order valence-corrected chi connectivity index (χ3v) is 4.49. The van der Waals surface area contributed by atoms with Crippen LogP contribution in [0, 0.1) is 11.3 Å². The normalized spacial score (nSPS) is 26.2. The summed E-state index contributed by atoms with van der Waals surface area (Å²) in [5.74, 6) is -1.14. The average Bonchev–Trinajstić information content (AvgIpc) is 2.48. The van der Waals surface area contributed by atoms with Gasteiger partial charge in [-0.15, -0.1) is 0 Å². The van der Waals surface area contributed by atoms with E-state index in [0.717, 1.165) is 32.4 Å². The van der Waals surface area contributed by atoms with Crippen LogP contribution in [0.25, 0.3) is 0 Å². The lowest BCUT2D eigenvalue weighted by molar-refractivity contribution is -0.153. The second-order valence-corrected chi connectivity index (χ2v) is 5.89. The van der Waals surface area contributed by atoms with Gasteiger partial charge in [0.1, 0.15) is 0 Å². The Bertz CT molecular complexity index is 361. The number of hydrogen-bond donors (Lipinski definition) is 2. The summed E-state index contributed by atoms with van der Waals surface area (Å²) in [6, 6.07) is 0. The number of carboxylic acid groups (broad SMARTS) is 1. The molecule has 1 unspecified atom stereocenters. The average molecular weight is 284 g/mol. The van der Waals surface area contributed by atoms with Crippen molar-refractivity contribution in [3.63, 3.8) is 0 Å². The van der Waals surface area contributed by atoms with Crippen molar-refractivity contribution in [3.8, 4) is 0 Å². The number of aliphatic carboxylic acids is 1. The molecule has 0 bridgehead atoms. The summed E-state index contributed by atoms with van der Waals surface area (Å²) in [4.78, 5) is 25.7. The number of ether oxygens (including phenoxy) is 1. The van der Waals surface area contributed by atoms with Crippen molar-refractivity contribution in [2.45, 2.75) is 25.7 Å². The van der Waals surface area contributed by atoms with Crippen molar-refractivity contribution < 1.29 is 19.4 Å². The molecule has 1 atom stereocenters. The fraction of sp³-hybridized carbons (Fsp3) is 0.857. The molecule has 0 aliphatic carbocycles. The molecule has 2 aliphatic rings. The molecule has 6 nitrogen and oxygen atoms in total. The lowest BCUT2D eigenvalue weighted by atomic mass is 9.77. The molecular weight excluding hydrogens is 260 g/mol. The van der Waals surface area contributed by atoms with E-state index in [-0.39, 0.29) is 5.91 Å². The van der Waals surface area contributed by atoms with Gasteiger partial charge in [0.25, 0.3) is 0 Å². The number of rotatable bonds is 4. The van der Waals surface area contributed by atoms with E-state index in [9.17, 15) is 9.59 Å². The lowest BCUT2D eigenvalue weighted by Crippen LogP contribution is -2.54. The van der Waals surface area contributed by atoms with E-state index in [1.54, 1.807) is 12.0 Å². The second kappa shape index (κ2) is 6.54. The van der Waals surface area contributed by atoms with Gasteiger partial charge in [-0.1, -0.05) is 0 Å². The highest BCUT2D eigenvalue weighted by Gasteiger charge is 2.43. The van der Waals surface area contributed by atoms with Crippen molar-refractivity contribution in [2.24, 2.45) is 11.3 Å². The molecule has 0 spiro atoms. The van der Waals surface area contributed by atoms with E-state index in [2.05, 4.69) is 5.32 Å². The minimum absolute atomic E-state index is 0.0757. The molecule has 6 heteroatoms. The summed E-state index contributed by atoms with van der Waals surface area (Å²) in [6.45, 7) is 3.05. The largest absolute Gasteiger partial charge is 0.481 e. The van der Waals surface area contributed by atoms with Crippen LogP contribution in [-0.2, 0) is 14.3 Å². The zero-order chi connectivity index (χ0) is 14.6. The first-order chi connectivity index (χ1) is 9.59. The predicted octanol–water partition coefficient (Wildman–Crippen LogP) is 0.326. The topological polar surface area (TPSA) is 78.9 Å². The number of methoxy groups -OCH3 is 1. The minimum atomic E-state index is -0.798. The Morgan fingerprint density at radius 2 is 2.10 bits per heavy atom. The zero-order valence-corrected chi connectivity index (χ0v) is 12.1. The van der Waals surface area contributed by atoms with Gasteiger partial charge in [0.05, 0.1) is 17.9 Å². The first-order valence-corrected chi connectivity index (χ1v) is 7.31. The number of hydrogen-bond acceptors (Lipinski definition) is 4. The van der Waals surface area contributed by atoms with Crippen molar-refractivity contribution in [2.75, 3.05) is 39.9 Å². The van der Waals surface area contributed by atoms with E-state index in [0.29, 0.717) is 26.1 Å². The van der Waals surface area contributed by atoms with Crippen LogP contribution in [0.2, 0.25) is 0 Å². The molecule has 2 saturated heterocycles. The molecule has 1 amide bonds. The van der Waals surface area contributed by atoms with Crippen LogP contribution >= 0.6 is 0 Å². The van der Waals surface area contributed by atoms with E-state index >= 15 is 0 Å². The molecule has 20 heavy (non-hydrogen) atoms. The highest BCUT2D eigenvalue weighted by molar-refractivity contribution is 5.84. The van der Waals surface area contributed by atoms with Crippen LogP contribution < -0.4 is 5.32 Å². The van der Waals surface area contributed by atoms with Gasteiger partial charge >= 0.3 is 5.97 Å². The van der Waals surface area contributed by atoms with Gasteiger partial charge in [-0.05, 0) is 38.8 Å². The third-order valence-electron chi connectivity index (χ3n) is 4.49. The Morgan fingerprint density at radius 3 is 2.70 bits per heavy atom. The second-order valence-electron chi connectivity index (χ2n) is 5.89. The van der Waals surface area contributed by atoms with E-state index < -0.39 is 17.3 Å². The van der Waals surface area contributed by atoms with Crippen molar-refractivity contribution in [3.05, 3.63) is 0 Å². The fourth-order valence-corrected chi connectivity index (χ4v) is 3.30. The third kappa shape index (κ3) is 3.12. The summed E-state index contributed by atoms with van der Waals surface area (Å²) in [5.41, 5.74) is -0.472. The quantitative estimate of drug-likeness (QED) is 0.777. The smallest absolute Gasteiger partial charge is 0.308 e. The lowest BCUT2D eigenvalue weighted by Gasteiger charge is -2.41. The van der Waals surface area contributed by atoms with Crippen LogP contribution in [0.5, 0.6) is 0 Å². The maximum absolute atomic E-state index is 12.9. The molecule has 0 saturated carbocycles. The summed E-state index contributed by atoms with van der Waals surface area (Å²) >= 11 is 0. The molecule has 2 rings (SSSR count). The maximum atomic E-state index is 12.9. The zero-order valence-electron chi connectivity index (χ0n) is 12.1. The van der Waals surface area contributed by atoms with Crippen LogP contribution in [-0.4, -0.2) is 61.8 Å². The molecular formula is C14H24N2O4. The van der Waals surface area contributed by atoms with Gasteiger partial charge in [0.2, 0.25) is 5.91 Å². The number of carboxylic acids is 1. The highest BCUT2D eigenvalue weighted by atomic mass is 16.5. The number of nitrogens with zero attached hydrogens (tertiary/aromatic N) is 1. The number of amides is 1. The monoisotopic (exact) mass is 284 g/mol. The first kappa shape index (κ1) is 15.3. The Balaban J connectivity index is 2.08. The predicted molar refractivity (Wildman–Crippen MR) is 73.4 cm³/mol. The van der Waals surface area contributed by atoms with Gasteiger partial charge in [-0.2, -0.15) is 0 Å². The molecule has 0 aromatic carbocycles. The van der Waals surface area contributed by atoms with Gasteiger partial charge in [-0.3, -0.25) is 9.59 Å². The highest BCUT2D eigenvalue weighted by Crippen LogP contribution is 2.33. The SMILES string of the molecule is COCC1(C(=O)N2CCCC(C(=O)O)C2)CCNCC1. The molecule has 0 radical (unpaired) electrons. The number of nitrogens with one attached hydrogen (secondary N) is 1. The van der Waals surface area contributed by atoms with E-state index in [1.165, 1.54) is 0 Å². The molecule has 2 N–H and O–H groups in total. The Morgan fingerprint density at radius 1 is 1.40 bits per heavy atom. The van der Waals surface area contributed by atoms with E-state index in [1.807, 2.05) is 0 Å². The first-order valence-electron chi connectivity index (χ1n) is 7.31. The number of carbonyl (C=O) groups excluding carboxylic acids is 1. The Hall–Kier alpha value is -1.14. The molecule has 0 aromatic rings. The Kier molecular flexibility index (Phi) is 4.99. The molecule has 2 aliphatic heterocycles. The Labute approximate surface area is 119 Å². The molecule has 0 aromatic heterocycles. The summed E-state index contributed by atoms with van der Waals surface area (Å²) < 4.78 is 5.28. The van der Waals surface area contributed by atoms with E-state index in [4.69, 9.17) is 9.84 Å². The van der Waals surface area contributed by atoms with Crippen LogP contribution in [0.3, 0.4) is 0 Å². The number of carbonyl (C=O) groups is 2. The fourth-order valence-electron chi connectivity index (χ4n) is 3.30. The van der Waals surface area contributed by atoms with Crippen molar-refractivity contribution in [1.82, 2.24) is 10.2 Å². The van der Waals surface area contributed by atoms with Crippen LogP contribution in [0.4, 0.5) is 0 Å². The van der Waals surface area contributed by atoms with Gasteiger partial charge < -0.3 is 20.1 Å². The summed E-state index contributed by atoms with van der Waals surface area (Å²) in [7, 11) is 1.62. The molecule has 2 fully saturated rings. The molecule has 2 heterocycles.